The van der Waals surface area contributed by atoms with Gasteiger partial charge in [0.25, 0.3) is 0 Å². The van der Waals surface area contributed by atoms with Crippen molar-refractivity contribution in [1.29, 1.82) is 0 Å². The molecule has 1 saturated heterocycles. The third kappa shape index (κ3) is 5.85. The number of rotatable bonds is 8. The highest BCUT2D eigenvalue weighted by molar-refractivity contribution is 7.90. The van der Waals surface area contributed by atoms with E-state index in [0.717, 1.165) is 50.9 Å². The van der Waals surface area contributed by atoms with Crippen molar-refractivity contribution in [3.05, 3.63) is 29.0 Å². The third-order valence-electron chi connectivity index (χ3n) is 5.16. The molecule has 1 aliphatic rings. The maximum atomic E-state index is 11.6. The van der Waals surface area contributed by atoms with E-state index in [1.807, 2.05) is 0 Å². The van der Waals surface area contributed by atoms with Crippen LogP contribution in [0.2, 0.25) is 5.02 Å². The van der Waals surface area contributed by atoms with Crippen LogP contribution in [0.15, 0.2) is 27.6 Å². The van der Waals surface area contributed by atoms with Crippen LogP contribution in [0.3, 0.4) is 0 Å². The maximum Gasteiger partial charge on any atom is 0.324 e. The van der Waals surface area contributed by atoms with Crippen molar-refractivity contribution in [2.45, 2.75) is 50.3 Å². The van der Waals surface area contributed by atoms with E-state index in [4.69, 9.17) is 20.9 Å². The van der Waals surface area contributed by atoms with Gasteiger partial charge in [0.15, 0.2) is 15.7 Å². The number of ether oxygens (including phenoxy) is 1. The molecule has 29 heavy (non-hydrogen) atoms. The topological polar surface area (TPSA) is 85.5 Å². The minimum Gasteiger partial charge on any atom is -0.494 e. The van der Waals surface area contributed by atoms with Crippen molar-refractivity contribution in [1.82, 2.24) is 10.1 Å². The third-order valence-corrected chi connectivity index (χ3v) is 6.74. The van der Waals surface area contributed by atoms with Gasteiger partial charge in [0, 0.05) is 31.3 Å². The predicted octanol–water partition coefficient (Wildman–Crippen LogP) is 4.33. The first-order valence-corrected chi connectivity index (χ1v) is 12.2. The van der Waals surface area contributed by atoms with Gasteiger partial charge in [-0.2, -0.15) is 4.98 Å². The minimum absolute atomic E-state index is 0.125. The average molecular weight is 442 g/mol. The second kappa shape index (κ2) is 9.34. The molecule has 0 spiro atoms. The van der Waals surface area contributed by atoms with E-state index in [0.29, 0.717) is 24.3 Å². The Bertz CT molecular complexity index is 922. The second-order valence-corrected chi connectivity index (χ2v) is 10.3. The molecule has 1 aliphatic heterocycles. The molecule has 0 radical (unpaired) electrons. The molecular formula is C20H28ClN3O4S. The molecule has 2 heterocycles. The largest absolute Gasteiger partial charge is 0.494 e. The van der Waals surface area contributed by atoms with Gasteiger partial charge in [0.1, 0.15) is 5.75 Å². The molecule has 0 saturated carbocycles. The molecule has 9 heteroatoms. The fourth-order valence-electron chi connectivity index (χ4n) is 3.44. The highest BCUT2D eigenvalue weighted by atomic mass is 35.5. The highest BCUT2D eigenvalue weighted by Gasteiger charge is 2.23. The fraction of sp³-hybridized carbons (Fsp3) is 0.600. The van der Waals surface area contributed by atoms with Gasteiger partial charge in [-0.05, 0) is 43.7 Å². The van der Waals surface area contributed by atoms with Crippen LogP contribution in [-0.4, -0.2) is 44.5 Å². The van der Waals surface area contributed by atoms with E-state index in [9.17, 15) is 8.42 Å². The Morgan fingerprint density at radius 2 is 2.03 bits per heavy atom. The van der Waals surface area contributed by atoms with E-state index in [-0.39, 0.29) is 15.8 Å². The Hall–Kier alpha value is -1.80. The monoisotopic (exact) mass is 441 g/mol. The summed E-state index contributed by atoms with van der Waals surface area (Å²) in [5, 5.41) is 4.23. The molecule has 0 N–H and O–H groups in total. The molecule has 0 atom stereocenters. The van der Waals surface area contributed by atoms with Crippen molar-refractivity contribution >= 4 is 27.5 Å². The number of sulfone groups is 1. The molecular weight excluding hydrogens is 414 g/mol. The van der Waals surface area contributed by atoms with E-state index < -0.39 is 9.84 Å². The molecule has 7 nitrogen and oxygen atoms in total. The van der Waals surface area contributed by atoms with E-state index >= 15 is 0 Å². The van der Waals surface area contributed by atoms with Gasteiger partial charge in [0.2, 0.25) is 0 Å². The lowest BCUT2D eigenvalue weighted by atomic mass is 9.92. The van der Waals surface area contributed by atoms with Crippen molar-refractivity contribution in [3.63, 3.8) is 0 Å². The lowest BCUT2D eigenvalue weighted by Gasteiger charge is -2.30. The van der Waals surface area contributed by atoms with E-state index in [2.05, 4.69) is 28.9 Å². The van der Waals surface area contributed by atoms with Crippen LogP contribution in [-0.2, 0) is 9.84 Å². The Morgan fingerprint density at radius 1 is 1.31 bits per heavy atom. The van der Waals surface area contributed by atoms with Gasteiger partial charge in [-0.15, -0.1) is 0 Å². The van der Waals surface area contributed by atoms with Crippen LogP contribution >= 0.6 is 11.6 Å². The predicted molar refractivity (Wildman–Crippen MR) is 113 cm³/mol. The summed E-state index contributed by atoms with van der Waals surface area (Å²) in [6, 6.07) is 5.33. The number of anilines is 1. The molecule has 0 unspecified atom stereocenters. The number of benzene rings is 1. The van der Waals surface area contributed by atoms with Gasteiger partial charge in [0.05, 0.1) is 16.5 Å². The van der Waals surface area contributed by atoms with Crippen molar-refractivity contribution < 1.29 is 17.7 Å². The van der Waals surface area contributed by atoms with Gasteiger partial charge < -0.3 is 14.2 Å². The number of aromatic nitrogens is 2. The molecule has 1 aromatic heterocycles. The van der Waals surface area contributed by atoms with E-state index in [1.54, 1.807) is 12.1 Å². The molecule has 1 aromatic carbocycles. The maximum absolute atomic E-state index is 11.6. The molecule has 0 amide bonds. The summed E-state index contributed by atoms with van der Waals surface area (Å²) in [4.78, 5) is 6.76. The van der Waals surface area contributed by atoms with Crippen LogP contribution < -0.4 is 9.64 Å². The van der Waals surface area contributed by atoms with Gasteiger partial charge in [-0.1, -0.05) is 30.6 Å². The molecule has 2 aromatic rings. The average Bonchev–Trinajstić information content (AvgIpc) is 3.15. The zero-order valence-corrected chi connectivity index (χ0v) is 18.7. The van der Waals surface area contributed by atoms with Crippen LogP contribution in [0.25, 0.3) is 0 Å². The van der Waals surface area contributed by atoms with Gasteiger partial charge in [-0.3, -0.25) is 0 Å². The summed E-state index contributed by atoms with van der Waals surface area (Å²) >= 11 is 6.05. The summed E-state index contributed by atoms with van der Waals surface area (Å²) in [5.74, 6) is 2.26. The molecule has 160 valence electrons. The summed E-state index contributed by atoms with van der Waals surface area (Å²) in [5.41, 5.74) is 0. The van der Waals surface area contributed by atoms with Crippen LogP contribution in [0.4, 0.5) is 6.01 Å². The lowest BCUT2D eigenvalue weighted by Crippen LogP contribution is -2.34. The fourth-order valence-corrected chi connectivity index (χ4v) is 4.76. The number of nitrogens with zero attached hydrogens (tertiary/aromatic N) is 3. The number of piperidine rings is 1. The smallest absolute Gasteiger partial charge is 0.324 e. The zero-order valence-electron chi connectivity index (χ0n) is 17.1. The van der Waals surface area contributed by atoms with Crippen molar-refractivity contribution in [3.8, 4) is 5.75 Å². The molecule has 1 fully saturated rings. The van der Waals surface area contributed by atoms with Gasteiger partial charge in [-0.25, -0.2) is 8.42 Å². The first-order chi connectivity index (χ1) is 13.7. The lowest BCUT2D eigenvalue weighted by molar-refractivity contribution is 0.276. The van der Waals surface area contributed by atoms with Crippen LogP contribution in [0.1, 0.15) is 51.3 Å². The Labute approximate surface area is 177 Å². The molecule has 0 aliphatic carbocycles. The normalized spacial score (nSPS) is 15.8. The Balaban J connectivity index is 1.39. The van der Waals surface area contributed by atoms with Crippen molar-refractivity contribution in [2.24, 2.45) is 5.92 Å². The summed E-state index contributed by atoms with van der Waals surface area (Å²) in [6.45, 7) is 6.53. The number of hydrogen-bond acceptors (Lipinski definition) is 7. The highest BCUT2D eigenvalue weighted by Crippen LogP contribution is 2.28. The quantitative estimate of drug-likeness (QED) is 0.563. The first-order valence-electron chi connectivity index (χ1n) is 9.95. The van der Waals surface area contributed by atoms with Crippen LogP contribution in [0.5, 0.6) is 5.75 Å². The Morgan fingerprint density at radius 3 is 2.62 bits per heavy atom. The summed E-state index contributed by atoms with van der Waals surface area (Å²) < 4.78 is 34.3. The number of halogens is 1. The second-order valence-electron chi connectivity index (χ2n) is 7.88. The summed E-state index contributed by atoms with van der Waals surface area (Å²) in [7, 11) is -3.32. The molecule has 3 rings (SSSR count). The summed E-state index contributed by atoms with van der Waals surface area (Å²) in [6.07, 6.45) is 5.35. The van der Waals surface area contributed by atoms with Gasteiger partial charge >= 0.3 is 6.01 Å². The number of hydrogen-bond donors (Lipinski definition) is 0. The Kier molecular flexibility index (Phi) is 7.05. The molecule has 0 bridgehead atoms. The minimum atomic E-state index is -3.32. The zero-order chi connectivity index (χ0) is 21.0. The SMILES string of the molecule is CC(C)c1noc(N2CCC(CCCOc3ccc(S(C)(=O)=O)c(Cl)c3)CC2)n1. The van der Waals surface area contributed by atoms with Crippen molar-refractivity contribution in [2.75, 3.05) is 30.9 Å². The van der Waals surface area contributed by atoms with E-state index in [1.165, 1.54) is 6.07 Å². The van der Waals surface area contributed by atoms with Crippen LogP contribution in [0, 0.1) is 5.92 Å². The standard InChI is InChI=1S/C20H28ClN3O4S/c1-14(2)19-22-20(28-23-19)24-10-8-15(9-11-24)5-4-12-27-16-6-7-18(17(21)13-16)29(3,25)26/h6-7,13-15H,4-5,8-12H2,1-3H3. The first kappa shape index (κ1) is 21.9.